The molecule has 0 bridgehead atoms. The molecule has 1 N–H and O–H groups in total. The van der Waals surface area contributed by atoms with Crippen molar-refractivity contribution >= 4 is 38.6 Å². The fourth-order valence-electron chi connectivity index (χ4n) is 3.31. The molecule has 3 heterocycles. The Morgan fingerprint density at radius 1 is 1.04 bits per heavy atom. The molecule has 0 saturated heterocycles. The van der Waals surface area contributed by atoms with Crippen molar-refractivity contribution in [3.8, 4) is 0 Å². The zero-order valence-corrected chi connectivity index (χ0v) is 17.6. The van der Waals surface area contributed by atoms with Gasteiger partial charge in [0.1, 0.15) is 9.77 Å². The summed E-state index contributed by atoms with van der Waals surface area (Å²) in [6.45, 7) is 1.25. The second kappa shape index (κ2) is 8.16. The number of amides is 1. The summed E-state index contributed by atoms with van der Waals surface area (Å²) in [5.41, 5.74) is 2.21. The van der Waals surface area contributed by atoms with Crippen molar-refractivity contribution in [2.24, 2.45) is 0 Å². The number of nitrogens with one attached hydrogen (secondary N) is 1. The number of sulfonamides is 1. The van der Waals surface area contributed by atoms with E-state index in [0.717, 1.165) is 12.0 Å². The molecule has 0 unspecified atom stereocenters. The van der Waals surface area contributed by atoms with E-state index in [1.165, 1.54) is 32.1 Å². The lowest BCUT2D eigenvalue weighted by Crippen LogP contribution is -2.37. The first kappa shape index (κ1) is 19.3. The zero-order valence-electron chi connectivity index (χ0n) is 15.1. The average molecular weight is 433 g/mol. The van der Waals surface area contributed by atoms with Crippen molar-refractivity contribution in [1.29, 1.82) is 0 Å². The lowest BCUT2D eigenvalue weighted by molar-refractivity contribution is 0.0955. The fourth-order valence-corrected chi connectivity index (χ4v) is 6.76. The van der Waals surface area contributed by atoms with Crippen LogP contribution in [-0.4, -0.2) is 31.7 Å². The minimum atomic E-state index is -3.72. The summed E-state index contributed by atoms with van der Waals surface area (Å²) in [7, 11) is -3.72. The topological polar surface area (TPSA) is 66.5 Å². The monoisotopic (exact) mass is 432 g/mol. The van der Waals surface area contributed by atoms with Crippen LogP contribution in [0.3, 0.4) is 0 Å². The van der Waals surface area contributed by atoms with E-state index in [-0.39, 0.29) is 15.7 Å². The number of carbonyl (C=O) groups excluding carboxylic acids is 1. The molecule has 0 fully saturated rings. The second-order valence-electron chi connectivity index (χ2n) is 6.56. The quantitative estimate of drug-likeness (QED) is 0.648. The molecular formula is C20H20N2O3S3. The van der Waals surface area contributed by atoms with E-state index in [0.29, 0.717) is 26.1 Å². The molecule has 4 rings (SSSR count). The molecule has 146 valence electrons. The number of benzene rings is 1. The van der Waals surface area contributed by atoms with Crippen LogP contribution in [0.25, 0.3) is 0 Å². The molecule has 5 nitrogen and oxygen atoms in total. The van der Waals surface area contributed by atoms with Crippen LogP contribution in [0.15, 0.2) is 58.1 Å². The third kappa shape index (κ3) is 3.91. The highest BCUT2D eigenvalue weighted by molar-refractivity contribution is 7.89. The predicted molar refractivity (Wildman–Crippen MR) is 112 cm³/mol. The highest BCUT2D eigenvalue weighted by Gasteiger charge is 2.32. The summed E-state index contributed by atoms with van der Waals surface area (Å²) < 4.78 is 27.9. The predicted octanol–water partition coefficient (Wildman–Crippen LogP) is 3.53. The Morgan fingerprint density at radius 2 is 1.86 bits per heavy atom. The number of thiophene rings is 2. The Balaban J connectivity index is 1.49. The van der Waals surface area contributed by atoms with Gasteiger partial charge in [-0.25, -0.2) is 8.42 Å². The van der Waals surface area contributed by atoms with Crippen molar-refractivity contribution in [3.63, 3.8) is 0 Å². The SMILES string of the molecule is O=C(NCCc1cccs1)c1sccc1S(=O)(=O)N1CCc2ccccc2C1. The summed E-state index contributed by atoms with van der Waals surface area (Å²) in [4.78, 5) is 14.1. The summed E-state index contributed by atoms with van der Waals surface area (Å²) in [6, 6.07) is 13.4. The molecule has 1 amide bonds. The van der Waals surface area contributed by atoms with Crippen LogP contribution in [0.1, 0.15) is 25.7 Å². The molecule has 0 atom stereocenters. The van der Waals surface area contributed by atoms with Gasteiger partial charge in [0.05, 0.1) is 0 Å². The minimum Gasteiger partial charge on any atom is -0.351 e. The zero-order chi connectivity index (χ0) is 19.6. The van der Waals surface area contributed by atoms with Crippen LogP contribution in [0.5, 0.6) is 0 Å². The largest absolute Gasteiger partial charge is 0.351 e. The lowest BCUT2D eigenvalue weighted by Gasteiger charge is -2.28. The van der Waals surface area contributed by atoms with Crippen molar-refractivity contribution in [3.05, 3.63) is 74.1 Å². The van der Waals surface area contributed by atoms with E-state index >= 15 is 0 Å². The summed E-state index contributed by atoms with van der Waals surface area (Å²) in [5, 5.41) is 6.51. The molecule has 8 heteroatoms. The van der Waals surface area contributed by atoms with E-state index in [9.17, 15) is 13.2 Å². The molecule has 2 aromatic heterocycles. The van der Waals surface area contributed by atoms with Crippen LogP contribution < -0.4 is 5.32 Å². The van der Waals surface area contributed by atoms with Crippen molar-refractivity contribution in [1.82, 2.24) is 9.62 Å². The van der Waals surface area contributed by atoms with Gasteiger partial charge in [0.25, 0.3) is 5.91 Å². The van der Waals surface area contributed by atoms with Gasteiger partial charge in [0.15, 0.2) is 0 Å². The fraction of sp³-hybridized carbons (Fsp3) is 0.250. The first-order valence-corrected chi connectivity index (χ1v) is 12.2. The maximum absolute atomic E-state index is 13.2. The first-order valence-electron chi connectivity index (χ1n) is 9.01. The maximum Gasteiger partial charge on any atom is 0.262 e. The van der Waals surface area contributed by atoms with E-state index in [1.807, 2.05) is 41.8 Å². The average Bonchev–Trinajstić information content (AvgIpc) is 3.39. The van der Waals surface area contributed by atoms with Gasteiger partial charge in [0, 0.05) is 24.5 Å². The summed E-state index contributed by atoms with van der Waals surface area (Å²) >= 11 is 2.81. The van der Waals surface area contributed by atoms with E-state index in [1.54, 1.807) is 16.7 Å². The van der Waals surface area contributed by atoms with Gasteiger partial charge in [0.2, 0.25) is 10.0 Å². The molecule has 0 radical (unpaired) electrons. The molecule has 3 aromatic rings. The van der Waals surface area contributed by atoms with Gasteiger partial charge in [-0.3, -0.25) is 4.79 Å². The number of nitrogens with zero attached hydrogens (tertiary/aromatic N) is 1. The molecule has 1 aliphatic rings. The van der Waals surface area contributed by atoms with Crippen molar-refractivity contribution in [2.45, 2.75) is 24.3 Å². The Hall–Kier alpha value is -2.00. The van der Waals surface area contributed by atoms with E-state index in [2.05, 4.69) is 5.32 Å². The molecule has 0 spiro atoms. The van der Waals surface area contributed by atoms with Crippen LogP contribution >= 0.6 is 22.7 Å². The number of carbonyl (C=O) groups is 1. The summed E-state index contributed by atoms with van der Waals surface area (Å²) in [5.74, 6) is -0.331. The highest BCUT2D eigenvalue weighted by Crippen LogP contribution is 2.29. The van der Waals surface area contributed by atoms with Gasteiger partial charge in [-0.05, 0) is 46.9 Å². The molecule has 0 saturated carbocycles. The number of rotatable bonds is 6. The molecule has 0 aliphatic carbocycles. The summed E-state index contributed by atoms with van der Waals surface area (Å²) in [6.07, 6.45) is 1.42. The van der Waals surface area contributed by atoms with Crippen molar-refractivity contribution < 1.29 is 13.2 Å². The lowest BCUT2D eigenvalue weighted by atomic mass is 10.0. The van der Waals surface area contributed by atoms with Crippen LogP contribution in [-0.2, 0) is 29.4 Å². The Labute approximate surface area is 172 Å². The van der Waals surface area contributed by atoms with Crippen LogP contribution in [0.4, 0.5) is 0 Å². The number of hydrogen-bond acceptors (Lipinski definition) is 5. The highest BCUT2D eigenvalue weighted by atomic mass is 32.2. The second-order valence-corrected chi connectivity index (χ2v) is 10.4. The van der Waals surface area contributed by atoms with Gasteiger partial charge < -0.3 is 5.32 Å². The van der Waals surface area contributed by atoms with E-state index in [4.69, 9.17) is 0 Å². The third-order valence-electron chi connectivity index (χ3n) is 4.79. The Bertz CT molecular complexity index is 1070. The third-order valence-corrected chi connectivity index (χ3v) is 8.65. The van der Waals surface area contributed by atoms with Gasteiger partial charge >= 0.3 is 0 Å². The Morgan fingerprint density at radius 3 is 2.64 bits per heavy atom. The van der Waals surface area contributed by atoms with Crippen molar-refractivity contribution in [2.75, 3.05) is 13.1 Å². The number of fused-ring (bicyclic) bond motifs is 1. The normalized spacial score (nSPS) is 14.6. The standard InChI is InChI=1S/C20H20N2O3S3/c23-20(21-10-7-17-6-3-12-26-17)19-18(9-13-27-19)28(24,25)22-11-8-15-4-1-2-5-16(15)14-22/h1-6,9,12-13H,7-8,10-11,14H2,(H,21,23). The maximum atomic E-state index is 13.2. The Kier molecular flexibility index (Phi) is 5.63. The molecule has 28 heavy (non-hydrogen) atoms. The smallest absolute Gasteiger partial charge is 0.262 e. The van der Waals surface area contributed by atoms with Gasteiger partial charge in [-0.15, -0.1) is 22.7 Å². The molecule has 1 aliphatic heterocycles. The van der Waals surface area contributed by atoms with Gasteiger partial charge in [-0.1, -0.05) is 30.3 Å². The van der Waals surface area contributed by atoms with E-state index < -0.39 is 10.0 Å². The van der Waals surface area contributed by atoms with Crippen LogP contribution in [0, 0.1) is 0 Å². The minimum absolute atomic E-state index is 0.102. The molecular weight excluding hydrogens is 412 g/mol. The molecule has 1 aromatic carbocycles. The first-order chi connectivity index (χ1) is 13.6. The van der Waals surface area contributed by atoms with Crippen LogP contribution in [0.2, 0.25) is 0 Å². The van der Waals surface area contributed by atoms with Gasteiger partial charge in [-0.2, -0.15) is 4.31 Å². The number of hydrogen-bond donors (Lipinski definition) is 1.